The van der Waals surface area contributed by atoms with E-state index in [1.165, 1.54) is 11.3 Å². The molecule has 1 atom stereocenters. The molecule has 1 aliphatic carbocycles. The van der Waals surface area contributed by atoms with Gasteiger partial charge in [0.25, 0.3) is 0 Å². The van der Waals surface area contributed by atoms with E-state index < -0.39 is 5.41 Å². The highest BCUT2D eigenvalue weighted by molar-refractivity contribution is 5.88. The minimum atomic E-state index is -0.588. The van der Waals surface area contributed by atoms with Crippen molar-refractivity contribution in [2.45, 2.75) is 31.1 Å². The number of hydrogen-bond donors (Lipinski definition) is 1. The number of rotatable bonds is 4. The summed E-state index contributed by atoms with van der Waals surface area (Å²) in [5, 5.41) is 0. The van der Waals surface area contributed by atoms with Crippen molar-refractivity contribution in [3.05, 3.63) is 65.2 Å². The van der Waals surface area contributed by atoms with Crippen molar-refractivity contribution in [2.75, 3.05) is 31.2 Å². The molecule has 0 bridgehead atoms. The summed E-state index contributed by atoms with van der Waals surface area (Å²) in [7, 11) is 0. The van der Waals surface area contributed by atoms with Crippen molar-refractivity contribution in [1.29, 1.82) is 0 Å². The third-order valence-corrected chi connectivity index (χ3v) is 5.87. The maximum Gasteiger partial charge on any atom is 0.228 e. The van der Waals surface area contributed by atoms with Gasteiger partial charge in [0, 0.05) is 18.8 Å². The molecule has 4 rings (SSSR count). The number of benzene rings is 2. The summed E-state index contributed by atoms with van der Waals surface area (Å²) in [6.07, 6.45) is 3.53. The van der Waals surface area contributed by atoms with Crippen LogP contribution in [0.25, 0.3) is 0 Å². The second kappa shape index (κ2) is 7.12. The molecule has 2 aromatic carbocycles. The molecule has 1 saturated heterocycles. The lowest BCUT2D eigenvalue weighted by Gasteiger charge is -2.37. The highest BCUT2D eigenvalue weighted by atomic mass is 16.5. The van der Waals surface area contributed by atoms with Crippen molar-refractivity contribution in [3.8, 4) is 0 Å². The fourth-order valence-corrected chi connectivity index (χ4v) is 4.44. The van der Waals surface area contributed by atoms with Crippen LogP contribution in [0.4, 0.5) is 5.69 Å². The zero-order valence-corrected chi connectivity index (χ0v) is 15.1. The van der Waals surface area contributed by atoms with Crippen molar-refractivity contribution in [3.63, 3.8) is 0 Å². The van der Waals surface area contributed by atoms with E-state index in [1.807, 2.05) is 12.1 Å². The number of carbonyl (C=O) groups is 1. The Balaban J connectivity index is 1.61. The maximum atomic E-state index is 12.6. The smallest absolute Gasteiger partial charge is 0.228 e. The molecule has 1 amide bonds. The van der Waals surface area contributed by atoms with Crippen molar-refractivity contribution < 1.29 is 9.53 Å². The van der Waals surface area contributed by atoms with Crippen LogP contribution >= 0.6 is 0 Å². The molecular weight excluding hydrogens is 324 g/mol. The molecule has 26 heavy (non-hydrogen) atoms. The quantitative estimate of drug-likeness (QED) is 0.922. The summed E-state index contributed by atoms with van der Waals surface area (Å²) in [5.41, 5.74) is 10.1. The van der Waals surface area contributed by atoms with E-state index in [2.05, 4.69) is 41.3 Å². The summed E-state index contributed by atoms with van der Waals surface area (Å²) in [4.78, 5) is 14.9. The lowest BCUT2D eigenvalue weighted by Crippen LogP contribution is -2.45. The number of carbonyl (C=O) groups excluding carboxylic acids is 1. The Kier molecular flexibility index (Phi) is 4.68. The van der Waals surface area contributed by atoms with Crippen molar-refractivity contribution in [1.82, 2.24) is 0 Å². The average Bonchev–Trinajstić information content (AvgIpc) is 2.69. The highest BCUT2D eigenvalue weighted by Crippen LogP contribution is 2.40. The lowest BCUT2D eigenvalue weighted by atomic mass is 9.66. The van der Waals surface area contributed by atoms with E-state index in [9.17, 15) is 4.79 Å². The number of morpholine rings is 1. The summed E-state index contributed by atoms with van der Waals surface area (Å²) in [6, 6.07) is 16.9. The summed E-state index contributed by atoms with van der Waals surface area (Å²) in [6.45, 7) is 3.42. The van der Waals surface area contributed by atoms with Gasteiger partial charge in [0.1, 0.15) is 0 Å². The molecule has 1 fully saturated rings. The third-order valence-electron chi connectivity index (χ3n) is 5.87. The Morgan fingerprint density at radius 1 is 1.08 bits per heavy atom. The van der Waals surface area contributed by atoms with E-state index in [-0.39, 0.29) is 5.91 Å². The van der Waals surface area contributed by atoms with E-state index in [0.29, 0.717) is 6.42 Å². The standard InChI is InChI=1S/C22H26N2O2/c23-21(25)22(11-3-5-18-4-1-2-6-20(18)22)16-17-7-9-19(10-8-17)24-12-14-26-15-13-24/h1-2,4,6-10H,3,5,11-16H2,(H2,23,25). The van der Waals surface area contributed by atoms with Gasteiger partial charge < -0.3 is 15.4 Å². The lowest BCUT2D eigenvalue weighted by molar-refractivity contribution is -0.124. The molecule has 0 spiro atoms. The van der Waals surface area contributed by atoms with Crippen LogP contribution in [0.5, 0.6) is 0 Å². The minimum Gasteiger partial charge on any atom is -0.378 e. The van der Waals surface area contributed by atoms with E-state index >= 15 is 0 Å². The predicted molar refractivity (Wildman–Crippen MR) is 103 cm³/mol. The molecule has 2 N–H and O–H groups in total. The number of aryl methyl sites for hydroxylation is 1. The van der Waals surface area contributed by atoms with Crippen LogP contribution in [-0.2, 0) is 27.8 Å². The molecule has 4 heteroatoms. The SMILES string of the molecule is NC(=O)C1(Cc2ccc(N3CCOCC3)cc2)CCCc2ccccc21. The molecule has 0 aromatic heterocycles. The Morgan fingerprint density at radius 3 is 2.54 bits per heavy atom. The van der Waals surface area contributed by atoms with Crippen LogP contribution in [0.2, 0.25) is 0 Å². The van der Waals surface area contributed by atoms with Crippen LogP contribution < -0.4 is 10.6 Å². The van der Waals surface area contributed by atoms with Crippen LogP contribution in [0.3, 0.4) is 0 Å². The first-order valence-corrected chi connectivity index (χ1v) is 9.49. The van der Waals surface area contributed by atoms with Crippen molar-refractivity contribution in [2.24, 2.45) is 5.73 Å². The Bertz CT molecular complexity index is 781. The fraction of sp³-hybridized carbons (Fsp3) is 0.409. The molecule has 1 aliphatic heterocycles. The first kappa shape index (κ1) is 17.1. The van der Waals surface area contributed by atoms with Crippen molar-refractivity contribution >= 4 is 11.6 Å². The summed E-state index contributed by atoms with van der Waals surface area (Å²) < 4.78 is 5.43. The number of amides is 1. The van der Waals surface area contributed by atoms with Gasteiger partial charge in [0.05, 0.1) is 18.6 Å². The monoisotopic (exact) mass is 350 g/mol. The van der Waals surface area contributed by atoms with Crippen LogP contribution in [0.15, 0.2) is 48.5 Å². The van der Waals surface area contributed by atoms with Gasteiger partial charge in [-0.05, 0) is 54.5 Å². The van der Waals surface area contributed by atoms with Crippen LogP contribution in [0, 0.1) is 0 Å². The first-order valence-electron chi connectivity index (χ1n) is 9.49. The highest BCUT2D eigenvalue weighted by Gasteiger charge is 2.41. The number of primary amides is 1. The number of nitrogens with two attached hydrogens (primary N) is 1. The van der Waals surface area contributed by atoms with Gasteiger partial charge >= 0.3 is 0 Å². The second-order valence-corrected chi connectivity index (χ2v) is 7.40. The van der Waals surface area contributed by atoms with Gasteiger partial charge in [0.15, 0.2) is 0 Å². The van der Waals surface area contributed by atoms with Gasteiger partial charge in [-0.1, -0.05) is 36.4 Å². The summed E-state index contributed by atoms with van der Waals surface area (Å²) in [5.74, 6) is -0.207. The Labute approximate surface area is 155 Å². The number of fused-ring (bicyclic) bond motifs is 1. The van der Waals surface area contributed by atoms with Gasteiger partial charge in [-0.3, -0.25) is 4.79 Å². The molecule has 0 radical (unpaired) electrons. The molecule has 2 aliphatic rings. The average molecular weight is 350 g/mol. The van der Waals surface area contributed by atoms with E-state index in [0.717, 1.165) is 56.7 Å². The molecule has 136 valence electrons. The van der Waals surface area contributed by atoms with Gasteiger partial charge in [-0.15, -0.1) is 0 Å². The zero-order chi connectivity index (χ0) is 18.0. The summed E-state index contributed by atoms with van der Waals surface area (Å²) >= 11 is 0. The molecule has 4 nitrogen and oxygen atoms in total. The van der Waals surface area contributed by atoms with Crippen LogP contribution in [0.1, 0.15) is 29.5 Å². The van der Waals surface area contributed by atoms with E-state index in [4.69, 9.17) is 10.5 Å². The van der Waals surface area contributed by atoms with E-state index in [1.54, 1.807) is 0 Å². The topological polar surface area (TPSA) is 55.6 Å². The zero-order valence-electron chi connectivity index (χ0n) is 15.1. The predicted octanol–water partition coefficient (Wildman–Crippen LogP) is 2.83. The molecule has 2 aromatic rings. The molecule has 0 saturated carbocycles. The molecule has 1 unspecified atom stereocenters. The maximum absolute atomic E-state index is 12.6. The second-order valence-electron chi connectivity index (χ2n) is 7.40. The van der Waals surface area contributed by atoms with Crippen LogP contribution in [-0.4, -0.2) is 32.2 Å². The number of ether oxygens (including phenoxy) is 1. The van der Waals surface area contributed by atoms with Gasteiger partial charge in [0.2, 0.25) is 5.91 Å². The third kappa shape index (κ3) is 3.10. The number of anilines is 1. The minimum absolute atomic E-state index is 0.207. The largest absolute Gasteiger partial charge is 0.378 e. The first-order chi connectivity index (χ1) is 12.7. The molecule has 1 heterocycles. The van der Waals surface area contributed by atoms with Gasteiger partial charge in [-0.25, -0.2) is 0 Å². The number of nitrogens with zero attached hydrogens (tertiary/aromatic N) is 1. The number of hydrogen-bond acceptors (Lipinski definition) is 3. The normalized spacial score (nSPS) is 22.7. The Hall–Kier alpha value is -2.33. The Morgan fingerprint density at radius 2 is 1.81 bits per heavy atom. The fourth-order valence-electron chi connectivity index (χ4n) is 4.44. The molecular formula is C22H26N2O2. The van der Waals surface area contributed by atoms with Gasteiger partial charge in [-0.2, -0.15) is 0 Å².